The van der Waals surface area contributed by atoms with Crippen LogP contribution in [0.1, 0.15) is 24.0 Å². The van der Waals surface area contributed by atoms with Crippen molar-refractivity contribution in [2.45, 2.75) is 25.5 Å². The Morgan fingerprint density at radius 3 is 2.83 bits per heavy atom. The zero-order valence-corrected chi connectivity index (χ0v) is 12.0. The molecule has 2 rings (SSSR count). The molecule has 1 atom stereocenters. The van der Waals surface area contributed by atoms with Crippen molar-refractivity contribution in [1.82, 2.24) is 4.90 Å². The summed E-state index contributed by atoms with van der Waals surface area (Å²) in [5.41, 5.74) is 1.80. The summed E-state index contributed by atoms with van der Waals surface area (Å²) in [4.78, 5) is 2.12. The molecule has 3 nitrogen and oxygen atoms in total. The maximum Gasteiger partial charge on any atom is 0.0992 e. The summed E-state index contributed by atoms with van der Waals surface area (Å²) >= 11 is 3.48. The fourth-order valence-electron chi connectivity index (χ4n) is 2.05. The number of likely N-dealkylation sites (N-methyl/N-ethyl adjacent to an activating group) is 1. The summed E-state index contributed by atoms with van der Waals surface area (Å²) in [5.74, 6) is 0.511. The normalized spacial score (nSPS) is 16.6. The second-order valence-electron chi connectivity index (χ2n) is 5.02. The van der Waals surface area contributed by atoms with E-state index in [2.05, 4.69) is 26.9 Å². The van der Waals surface area contributed by atoms with Crippen LogP contribution in [0.3, 0.4) is 0 Å². The Hall–Kier alpha value is -0.890. The highest BCUT2D eigenvalue weighted by atomic mass is 79.9. The Labute approximate surface area is 116 Å². The van der Waals surface area contributed by atoms with Gasteiger partial charge in [-0.3, -0.25) is 4.90 Å². The molecule has 0 aliphatic heterocycles. The first-order valence-electron chi connectivity index (χ1n) is 6.15. The number of hydrogen-bond donors (Lipinski definition) is 1. The van der Waals surface area contributed by atoms with Crippen molar-refractivity contribution >= 4 is 15.9 Å². The van der Waals surface area contributed by atoms with E-state index in [0.717, 1.165) is 29.4 Å². The zero-order valence-electron chi connectivity index (χ0n) is 10.4. The van der Waals surface area contributed by atoms with Gasteiger partial charge >= 0.3 is 0 Å². The van der Waals surface area contributed by atoms with Crippen LogP contribution in [-0.4, -0.2) is 29.7 Å². The molecule has 1 aromatic carbocycles. The first-order valence-corrected chi connectivity index (χ1v) is 6.94. The van der Waals surface area contributed by atoms with Crippen LogP contribution in [0.25, 0.3) is 0 Å². The molecule has 0 heterocycles. The van der Waals surface area contributed by atoms with Crippen LogP contribution in [0.4, 0.5) is 0 Å². The molecule has 1 aliphatic carbocycles. The highest BCUT2D eigenvalue weighted by molar-refractivity contribution is 9.10. The fourth-order valence-corrected chi connectivity index (χ4v) is 2.55. The lowest BCUT2D eigenvalue weighted by molar-refractivity contribution is 0.104. The molecule has 96 valence electrons. The number of hydrogen-bond acceptors (Lipinski definition) is 3. The molecular weight excluding hydrogens is 292 g/mol. The second kappa shape index (κ2) is 5.83. The van der Waals surface area contributed by atoms with E-state index >= 15 is 0 Å². The lowest BCUT2D eigenvalue weighted by atomic mass is 10.1. The van der Waals surface area contributed by atoms with Gasteiger partial charge in [0.15, 0.2) is 0 Å². The van der Waals surface area contributed by atoms with Crippen molar-refractivity contribution in [2.24, 2.45) is 5.92 Å². The van der Waals surface area contributed by atoms with E-state index in [1.165, 1.54) is 0 Å². The predicted molar refractivity (Wildman–Crippen MR) is 73.9 cm³/mol. The summed E-state index contributed by atoms with van der Waals surface area (Å²) in [6.45, 7) is 1.48. The van der Waals surface area contributed by atoms with Crippen LogP contribution in [0, 0.1) is 17.2 Å². The van der Waals surface area contributed by atoms with Crippen molar-refractivity contribution in [2.75, 3.05) is 13.6 Å². The van der Waals surface area contributed by atoms with E-state index in [9.17, 15) is 5.11 Å². The molecule has 0 unspecified atom stereocenters. The Morgan fingerprint density at radius 1 is 1.56 bits per heavy atom. The van der Waals surface area contributed by atoms with Crippen LogP contribution in [-0.2, 0) is 6.54 Å². The van der Waals surface area contributed by atoms with Gasteiger partial charge in [0.2, 0.25) is 0 Å². The third-order valence-corrected chi connectivity index (χ3v) is 4.03. The van der Waals surface area contributed by atoms with Crippen molar-refractivity contribution < 1.29 is 5.11 Å². The summed E-state index contributed by atoms with van der Waals surface area (Å²) in [5, 5.41) is 18.7. The van der Waals surface area contributed by atoms with Gasteiger partial charge in [0, 0.05) is 17.6 Å². The van der Waals surface area contributed by atoms with Gasteiger partial charge in [0.1, 0.15) is 0 Å². The van der Waals surface area contributed by atoms with E-state index in [4.69, 9.17) is 5.26 Å². The number of nitriles is 1. The summed E-state index contributed by atoms with van der Waals surface area (Å²) in [6, 6.07) is 7.74. The van der Waals surface area contributed by atoms with Crippen molar-refractivity contribution in [3.05, 3.63) is 33.8 Å². The van der Waals surface area contributed by atoms with E-state index in [0.29, 0.717) is 18.0 Å². The summed E-state index contributed by atoms with van der Waals surface area (Å²) in [7, 11) is 2.01. The number of aliphatic hydroxyl groups is 1. The van der Waals surface area contributed by atoms with Crippen LogP contribution < -0.4 is 0 Å². The SMILES string of the molecule is CN(Cc1ccc(C#N)cc1Br)C[C@@H](O)C1CC1. The highest BCUT2D eigenvalue weighted by Crippen LogP contribution is 2.33. The molecule has 1 aliphatic rings. The van der Waals surface area contributed by atoms with Gasteiger partial charge in [-0.2, -0.15) is 5.26 Å². The molecule has 4 heteroatoms. The molecule has 0 bridgehead atoms. The van der Waals surface area contributed by atoms with Crippen LogP contribution in [0.15, 0.2) is 22.7 Å². The second-order valence-corrected chi connectivity index (χ2v) is 5.87. The maximum absolute atomic E-state index is 9.89. The number of rotatable bonds is 5. The first kappa shape index (κ1) is 13.5. The van der Waals surface area contributed by atoms with Gasteiger partial charge in [-0.25, -0.2) is 0 Å². The Morgan fingerprint density at radius 2 is 2.28 bits per heavy atom. The standard InChI is InChI=1S/C14H17BrN2O/c1-17(9-14(18)11-4-5-11)8-12-3-2-10(7-16)6-13(12)15/h2-3,6,11,14,18H,4-5,8-9H2,1H3/t14-/m1/s1. The zero-order chi connectivity index (χ0) is 13.1. The Balaban J connectivity index is 1.93. The van der Waals surface area contributed by atoms with Crippen LogP contribution >= 0.6 is 15.9 Å². The molecule has 1 saturated carbocycles. The smallest absolute Gasteiger partial charge is 0.0992 e. The van der Waals surface area contributed by atoms with Gasteiger partial charge in [-0.15, -0.1) is 0 Å². The molecule has 1 aromatic rings. The van der Waals surface area contributed by atoms with Gasteiger partial charge in [0.05, 0.1) is 17.7 Å². The molecule has 18 heavy (non-hydrogen) atoms. The average Bonchev–Trinajstić information content (AvgIpc) is 3.15. The molecule has 0 saturated heterocycles. The fraction of sp³-hybridized carbons (Fsp3) is 0.500. The molecule has 1 fully saturated rings. The van der Waals surface area contributed by atoms with Crippen molar-refractivity contribution in [3.63, 3.8) is 0 Å². The predicted octanol–water partition coefficient (Wildman–Crippen LogP) is 2.52. The van der Waals surface area contributed by atoms with Gasteiger partial charge in [0.25, 0.3) is 0 Å². The van der Waals surface area contributed by atoms with Crippen molar-refractivity contribution in [3.8, 4) is 6.07 Å². The van der Waals surface area contributed by atoms with Gasteiger partial charge in [-0.05, 0) is 43.5 Å². The minimum atomic E-state index is -0.202. The summed E-state index contributed by atoms with van der Waals surface area (Å²) < 4.78 is 0.953. The van der Waals surface area contributed by atoms with E-state index in [1.54, 1.807) is 0 Å². The lowest BCUT2D eigenvalue weighted by Gasteiger charge is -2.21. The average molecular weight is 309 g/mol. The van der Waals surface area contributed by atoms with E-state index in [-0.39, 0.29) is 6.10 Å². The van der Waals surface area contributed by atoms with Crippen molar-refractivity contribution in [1.29, 1.82) is 5.26 Å². The Kier molecular flexibility index (Phi) is 4.39. The van der Waals surface area contributed by atoms with E-state index < -0.39 is 0 Å². The molecular formula is C14H17BrN2O. The van der Waals surface area contributed by atoms with Gasteiger partial charge in [-0.1, -0.05) is 22.0 Å². The number of benzene rings is 1. The first-order chi connectivity index (χ1) is 8.60. The highest BCUT2D eigenvalue weighted by Gasteiger charge is 2.30. The Bertz CT molecular complexity index is 465. The third-order valence-electron chi connectivity index (χ3n) is 3.29. The molecule has 0 aromatic heterocycles. The van der Waals surface area contributed by atoms with Gasteiger partial charge < -0.3 is 5.11 Å². The number of aliphatic hydroxyl groups excluding tert-OH is 1. The van der Waals surface area contributed by atoms with E-state index in [1.807, 2.05) is 25.2 Å². The lowest BCUT2D eigenvalue weighted by Crippen LogP contribution is -2.30. The van der Waals surface area contributed by atoms with Crippen LogP contribution in [0.2, 0.25) is 0 Å². The molecule has 0 amide bonds. The molecule has 1 N–H and O–H groups in total. The maximum atomic E-state index is 9.89. The minimum absolute atomic E-state index is 0.202. The number of halogens is 1. The minimum Gasteiger partial charge on any atom is -0.392 e. The third kappa shape index (κ3) is 3.55. The summed E-state index contributed by atoms with van der Waals surface area (Å²) in [6.07, 6.45) is 2.12. The molecule has 0 radical (unpaired) electrons. The molecule has 0 spiro atoms. The van der Waals surface area contributed by atoms with Crippen LogP contribution in [0.5, 0.6) is 0 Å². The quantitative estimate of drug-likeness (QED) is 0.909. The topological polar surface area (TPSA) is 47.3 Å². The monoisotopic (exact) mass is 308 g/mol. The number of nitrogens with zero attached hydrogens (tertiary/aromatic N) is 2. The largest absolute Gasteiger partial charge is 0.392 e.